The molecule has 3 heteroatoms. The summed E-state index contributed by atoms with van der Waals surface area (Å²) < 4.78 is 0. The van der Waals surface area contributed by atoms with Gasteiger partial charge in [0.15, 0.2) is 0 Å². The Morgan fingerprint density at radius 1 is 1.20 bits per heavy atom. The maximum Gasteiger partial charge on any atom is 0.0494 e. The average Bonchev–Trinajstić information content (AvgIpc) is 2.50. The molecule has 3 nitrogen and oxygen atoms in total. The van der Waals surface area contributed by atoms with Crippen LogP contribution in [0, 0.1) is 11.8 Å². The van der Waals surface area contributed by atoms with Crippen LogP contribution in [0.3, 0.4) is 0 Å². The van der Waals surface area contributed by atoms with E-state index in [1.54, 1.807) is 0 Å². The van der Waals surface area contributed by atoms with Crippen molar-refractivity contribution in [1.82, 2.24) is 10.4 Å². The lowest BCUT2D eigenvalue weighted by Gasteiger charge is -2.33. The molecule has 1 fully saturated rings. The van der Waals surface area contributed by atoms with E-state index in [0.29, 0.717) is 5.92 Å². The Balaban J connectivity index is 1.95. The largest absolute Gasteiger partial charge is 0.271 e. The highest BCUT2D eigenvalue weighted by molar-refractivity contribution is 5.85. The Labute approximate surface area is 120 Å². The molecule has 1 heterocycles. The van der Waals surface area contributed by atoms with Gasteiger partial charge in [-0.25, -0.2) is 0 Å². The summed E-state index contributed by atoms with van der Waals surface area (Å²) in [7, 11) is 0. The first-order valence-electron chi connectivity index (χ1n) is 7.58. The van der Waals surface area contributed by atoms with Crippen LogP contribution >= 0.6 is 0 Å². The van der Waals surface area contributed by atoms with Crippen molar-refractivity contribution in [2.75, 3.05) is 0 Å². The third kappa shape index (κ3) is 2.56. The Kier molecular flexibility index (Phi) is 3.99. The number of rotatable bonds is 3. The number of fused-ring (bicyclic) bond motifs is 1. The summed E-state index contributed by atoms with van der Waals surface area (Å²) in [4.78, 5) is 4.21. The van der Waals surface area contributed by atoms with Crippen LogP contribution in [0.25, 0.3) is 10.8 Å². The highest BCUT2D eigenvalue weighted by Crippen LogP contribution is 2.38. The van der Waals surface area contributed by atoms with Crippen LogP contribution < -0.4 is 11.3 Å². The second-order valence-electron chi connectivity index (χ2n) is 6.11. The second kappa shape index (κ2) is 5.90. The molecule has 0 amide bonds. The summed E-state index contributed by atoms with van der Waals surface area (Å²) in [5.41, 5.74) is 4.39. The zero-order valence-electron chi connectivity index (χ0n) is 12.0. The van der Waals surface area contributed by atoms with Gasteiger partial charge in [-0.2, -0.15) is 0 Å². The molecule has 1 aromatic heterocycles. The quantitative estimate of drug-likeness (QED) is 0.661. The summed E-state index contributed by atoms with van der Waals surface area (Å²) in [5, 5.41) is 2.46. The first kappa shape index (κ1) is 13.5. The summed E-state index contributed by atoms with van der Waals surface area (Å²) in [6, 6.07) is 8.76. The minimum absolute atomic E-state index is 0.244. The Morgan fingerprint density at radius 3 is 2.75 bits per heavy atom. The van der Waals surface area contributed by atoms with Gasteiger partial charge in [-0.1, -0.05) is 38.0 Å². The van der Waals surface area contributed by atoms with Crippen molar-refractivity contribution in [2.24, 2.45) is 17.7 Å². The van der Waals surface area contributed by atoms with E-state index in [1.807, 2.05) is 12.4 Å². The summed E-state index contributed by atoms with van der Waals surface area (Å²) >= 11 is 0. The lowest BCUT2D eigenvalue weighted by molar-refractivity contribution is 0.233. The van der Waals surface area contributed by atoms with Gasteiger partial charge in [0.1, 0.15) is 0 Å². The minimum Gasteiger partial charge on any atom is -0.271 e. The molecule has 3 N–H and O–H groups in total. The van der Waals surface area contributed by atoms with E-state index < -0.39 is 0 Å². The number of nitrogens with two attached hydrogens (primary N) is 1. The molecule has 0 saturated heterocycles. The van der Waals surface area contributed by atoms with E-state index in [4.69, 9.17) is 5.84 Å². The van der Waals surface area contributed by atoms with Crippen LogP contribution in [-0.4, -0.2) is 4.98 Å². The molecule has 0 bridgehead atoms. The van der Waals surface area contributed by atoms with Crippen molar-refractivity contribution in [3.8, 4) is 0 Å². The van der Waals surface area contributed by atoms with Gasteiger partial charge in [0.2, 0.25) is 0 Å². The number of hydrazine groups is 1. The molecule has 20 heavy (non-hydrogen) atoms. The van der Waals surface area contributed by atoms with E-state index in [9.17, 15) is 0 Å². The number of pyridine rings is 1. The Hall–Kier alpha value is -1.45. The Bertz CT molecular complexity index is 568. The van der Waals surface area contributed by atoms with Crippen molar-refractivity contribution in [3.05, 3.63) is 42.2 Å². The Morgan fingerprint density at radius 2 is 2.00 bits per heavy atom. The zero-order valence-corrected chi connectivity index (χ0v) is 12.0. The van der Waals surface area contributed by atoms with Crippen molar-refractivity contribution in [2.45, 2.75) is 38.6 Å². The molecule has 1 atom stereocenters. The molecule has 0 aliphatic heterocycles. The number of aromatic nitrogens is 1. The van der Waals surface area contributed by atoms with Crippen molar-refractivity contribution in [1.29, 1.82) is 0 Å². The summed E-state index contributed by atoms with van der Waals surface area (Å²) in [5.74, 6) is 7.39. The molecule has 3 rings (SSSR count). The summed E-state index contributed by atoms with van der Waals surface area (Å²) in [6.07, 6.45) is 8.94. The molecule has 1 aliphatic carbocycles. The molecule has 1 saturated carbocycles. The average molecular weight is 269 g/mol. The third-order valence-electron chi connectivity index (χ3n) is 4.76. The van der Waals surface area contributed by atoms with E-state index >= 15 is 0 Å². The van der Waals surface area contributed by atoms with Gasteiger partial charge in [-0.05, 0) is 41.7 Å². The number of hydrogen-bond donors (Lipinski definition) is 2. The van der Waals surface area contributed by atoms with Gasteiger partial charge in [-0.3, -0.25) is 16.3 Å². The molecule has 2 aromatic rings. The number of benzene rings is 1. The fraction of sp³-hybridized carbons (Fsp3) is 0.471. The van der Waals surface area contributed by atoms with Crippen molar-refractivity contribution >= 4 is 10.8 Å². The van der Waals surface area contributed by atoms with Crippen LogP contribution in [-0.2, 0) is 0 Å². The van der Waals surface area contributed by atoms with Gasteiger partial charge >= 0.3 is 0 Å². The van der Waals surface area contributed by atoms with Crippen molar-refractivity contribution < 1.29 is 0 Å². The van der Waals surface area contributed by atoms with Crippen molar-refractivity contribution in [3.63, 3.8) is 0 Å². The molecule has 0 spiro atoms. The van der Waals surface area contributed by atoms with Gasteiger partial charge in [0.05, 0.1) is 0 Å². The lowest BCUT2D eigenvalue weighted by atomic mass is 9.77. The predicted octanol–water partition coefficient (Wildman–Crippen LogP) is 3.57. The molecule has 1 unspecified atom stereocenters. The topological polar surface area (TPSA) is 50.9 Å². The monoisotopic (exact) mass is 269 g/mol. The van der Waals surface area contributed by atoms with Gasteiger partial charge in [-0.15, -0.1) is 0 Å². The highest BCUT2D eigenvalue weighted by Gasteiger charge is 2.27. The fourth-order valence-corrected chi connectivity index (χ4v) is 3.52. The maximum atomic E-state index is 5.90. The smallest absolute Gasteiger partial charge is 0.0494 e. The molecule has 0 radical (unpaired) electrons. The first-order chi connectivity index (χ1) is 9.79. The van der Waals surface area contributed by atoms with E-state index in [-0.39, 0.29) is 6.04 Å². The van der Waals surface area contributed by atoms with E-state index in [2.05, 4.69) is 41.6 Å². The predicted molar refractivity (Wildman–Crippen MR) is 82.9 cm³/mol. The normalized spacial score (nSPS) is 24.7. The van der Waals surface area contributed by atoms with Crippen LogP contribution in [0.5, 0.6) is 0 Å². The van der Waals surface area contributed by atoms with Crippen LogP contribution in [0.2, 0.25) is 0 Å². The highest BCUT2D eigenvalue weighted by atomic mass is 15.2. The van der Waals surface area contributed by atoms with E-state index in [0.717, 1.165) is 5.92 Å². The van der Waals surface area contributed by atoms with Crippen LogP contribution in [0.4, 0.5) is 0 Å². The van der Waals surface area contributed by atoms with Crippen LogP contribution in [0.1, 0.15) is 44.2 Å². The van der Waals surface area contributed by atoms with Gasteiger partial charge < -0.3 is 0 Å². The first-order valence-corrected chi connectivity index (χ1v) is 7.58. The molecular formula is C17H23N3. The standard InChI is InChI=1S/C17H23N3/c1-12-5-7-13(8-6-12)17(20-18)16-4-2-3-14-11-19-10-9-15(14)16/h2-4,9-13,17,20H,5-8,18H2,1H3. The fourth-order valence-electron chi connectivity index (χ4n) is 3.52. The summed E-state index contributed by atoms with van der Waals surface area (Å²) in [6.45, 7) is 2.35. The second-order valence-corrected chi connectivity index (χ2v) is 6.11. The molecule has 106 valence electrons. The lowest BCUT2D eigenvalue weighted by Crippen LogP contribution is -2.35. The number of nitrogens with one attached hydrogen (secondary N) is 1. The maximum absolute atomic E-state index is 5.90. The SMILES string of the molecule is CC1CCC(C(NN)c2cccc3cnccc23)CC1. The van der Waals surface area contributed by atoms with Gasteiger partial charge in [0, 0.05) is 23.8 Å². The third-order valence-corrected chi connectivity index (χ3v) is 4.76. The number of hydrogen-bond acceptors (Lipinski definition) is 3. The molecular weight excluding hydrogens is 246 g/mol. The number of nitrogens with zero attached hydrogens (tertiary/aromatic N) is 1. The molecule has 1 aliphatic rings. The molecule has 1 aromatic carbocycles. The van der Waals surface area contributed by atoms with E-state index in [1.165, 1.54) is 42.0 Å². The van der Waals surface area contributed by atoms with Crippen LogP contribution in [0.15, 0.2) is 36.7 Å². The minimum atomic E-state index is 0.244. The zero-order chi connectivity index (χ0) is 13.9. The van der Waals surface area contributed by atoms with Gasteiger partial charge in [0.25, 0.3) is 0 Å².